The predicted octanol–water partition coefficient (Wildman–Crippen LogP) is 4.18. The van der Waals surface area contributed by atoms with E-state index in [9.17, 15) is 12.6 Å². The summed E-state index contributed by atoms with van der Waals surface area (Å²) in [5.41, 5.74) is 1.94. The molecule has 3 aromatic carbocycles. The standard InChI is InChI=1S/C21H20N2O3S2/c1-17-12-14-20(15-13-17)28(25,26)22-27(24,19-10-6-3-7-11-19)23-16-21(23)18-8-4-2-5-9-18/h2-15,21H,16H2,1H3. The van der Waals surface area contributed by atoms with Crippen LogP contribution in [0.1, 0.15) is 17.2 Å². The molecule has 0 radical (unpaired) electrons. The van der Waals surface area contributed by atoms with Gasteiger partial charge in [0.1, 0.15) is 0 Å². The van der Waals surface area contributed by atoms with Crippen molar-refractivity contribution in [3.05, 3.63) is 96.1 Å². The highest BCUT2D eigenvalue weighted by atomic mass is 32.3. The van der Waals surface area contributed by atoms with Crippen LogP contribution in [0.2, 0.25) is 0 Å². The smallest absolute Gasteiger partial charge is 0.227 e. The monoisotopic (exact) mass is 412 g/mol. The lowest BCUT2D eigenvalue weighted by Crippen LogP contribution is -2.15. The van der Waals surface area contributed by atoms with Gasteiger partial charge in [-0.05, 0) is 36.8 Å². The summed E-state index contributed by atoms with van der Waals surface area (Å²) in [6.07, 6.45) is 0. The van der Waals surface area contributed by atoms with Crippen LogP contribution in [0.25, 0.3) is 0 Å². The van der Waals surface area contributed by atoms with Crippen LogP contribution in [-0.2, 0) is 19.9 Å². The van der Waals surface area contributed by atoms with Crippen molar-refractivity contribution < 1.29 is 12.6 Å². The van der Waals surface area contributed by atoms with E-state index in [0.717, 1.165) is 11.1 Å². The summed E-state index contributed by atoms with van der Waals surface area (Å²) in [5.74, 6) is 0. The largest absolute Gasteiger partial charge is 0.291 e. The molecule has 0 N–H and O–H groups in total. The second-order valence-corrected chi connectivity index (χ2v) is 10.6. The maximum atomic E-state index is 14.0. The van der Waals surface area contributed by atoms with Gasteiger partial charge in [-0.2, -0.15) is 8.42 Å². The highest BCUT2D eigenvalue weighted by molar-refractivity contribution is 8.02. The summed E-state index contributed by atoms with van der Waals surface area (Å²) < 4.78 is 45.5. The average molecular weight is 413 g/mol. The fourth-order valence-corrected chi connectivity index (χ4v) is 7.22. The number of hydrogen-bond acceptors (Lipinski definition) is 3. The Morgan fingerprint density at radius 1 is 0.786 bits per heavy atom. The first kappa shape index (κ1) is 18.9. The highest BCUT2D eigenvalue weighted by Gasteiger charge is 2.45. The fourth-order valence-electron chi connectivity index (χ4n) is 3.05. The lowest BCUT2D eigenvalue weighted by atomic mass is 10.2. The van der Waals surface area contributed by atoms with Gasteiger partial charge in [-0.3, -0.25) is 0 Å². The van der Waals surface area contributed by atoms with E-state index in [1.807, 2.05) is 37.3 Å². The molecule has 0 saturated carbocycles. The van der Waals surface area contributed by atoms with E-state index >= 15 is 0 Å². The Bertz CT molecular complexity index is 1200. The van der Waals surface area contributed by atoms with E-state index < -0.39 is 19.9 Å². The van der Waals surface area contributed by atoms with Gasteiger partial charge in [-0.15, -0.1) is 0 Å². The molecule has 4 rings (SSSR count). The van der Waals surface area contributed by atoms with Crippen molar-refractivity contribution in [2.24, 2.45) is 3.77 Å². The fraction of sp³-hybridized carbons (Fsp3) is 0.143. The van der Waals surface area contributed by atoms with Crippen LogP contribution in [-0.4, -0.2) is 23.5 Å². The number of aryl methyl sites for hydroxylation is 1. The summed E-state index contributed by atoms with van der Waals surface area (Å²) in [6.45, 7) is 2.37. The molecule has 1 aliphatic rings. The molecular formula is C21H20N2O3S2. The van der Waals surface area contributed by atoms with Crippen molar-refractivity contribution in [3.8, 4) is 0 Å². The number of benzene rings is 3. The molecule has 0 bridgehead atoms. The number of rotatable bonds is 5. The molecule has 1 saturated heterocycles. The molecular weight excluding hydrogens is 392 g/mol. The lowest BCUT2D eigenvalue weighted by molar-refractivity contribution is 0.596. The van der Waals surface area contributed by atoms with Crippen molar-refractivity contribution in [2.75, 3.05) is 6.54 Å². The van der Waals surface area contributed by atoms with Crippen molar-refractivity contribution >= 4 is 19.9 Å². The molecule has 3 unspecified atom stereocenters. The quantitative estimate of drug-likeness (QED) is 0.591. The number of sulfonamides is 1. The van der Waals surface area contributed by atoms with Crippen LogP contribution in [0, 0.1) is 6.92 Å². The van der Waals surface area contributed by atoms with Gasteiger partial charge in [0, 0.05) is 6.54 Å². The highest BCUT2D eigenvalue weighted by Crippen LogP contribution is 2.42. The van der Waals surface area contributed by atoms with E-state index in [1.54, 1.807) is 46.8 Å². The van der Waals surface area contributed by atoms with Crippen LogP contribution >= 0.6 is 0 Å². The van der Waals surface area contributed by atoms with Crippen LogP contribution in [0.5, 0.6) is 0 Å². The molecule has 28 heavy (non-hydrogen) atoms. The molecule has 0 spiro atoms. The Labute approximate surface area is 166 Å². The molecule has 144 valence electrons. The summed E-state index contributed by atoms with van der Waals surface area (Å²) in [4.78, 5) is 0.434. The van der Waals surface area contributed by atoms with Crippen LogP contribution in [0.15, 0.2) is 98.5 Å². The molecule has 0 aromatic heterocycles. The van der Waals surface area contributed by atoms with Gasteiger partial charge >= 0.3 is 0 Å². The van der Waals surface area contributed by atoms with Crippen LogP contribution in [0.4, 0.5) is 0 Å². The van der Waals surface area contributed by atoms with Gasteiger partial charge < -0.3 is 0 Å². The SMILES string of the molecule is Cc1ccc(S(=O)(=O)N=S(=O)(c2ccccc2)N2CC2c2ccccc2)cc1. The maximum absolute atomic E-state index is 14.0. The molecule has 0 aliphatic carbocycles. The lowest BCUT2D eigenvalue weighted by Gasteiger charge is -2.13. The number of hydrogen-bond donors (Lipinski definition) is 0. The second kappa shape index (κ2) is 7.16. The molecule has 1 fully saturated rings. The minimum atomic E-state index is -4.09. The topological polar surface area (TPSA) is 66.6 Å². The van der Waals surface area contributed by atoms with Crippen LogP contribution in [0.3, 0.4) is 0 Å². The third kappa shape index (κ3) is 3.61. The Kier molecular flexibility index (Phi) is 4.82. The van der Waals surface area contributed by atoms with Gasteiger partial charge in [0.15, 0.2) is 9.92 Å². The van der Waals surface area contributed by atoms with Gasteiger partial charge in [0.05, 0.1) is 15.8 Å². The second-order valence-electron chi connectivity index (χ2n) is 6.70. The molecule has 3 atom stereocenters. The minimum Gasteiger partial charge on any atom is -0.227 e. The summed E-state index contributed by atoms with van der Waals surface area (Å²) >= 11 is 0. The molecule has 5 nitrogen and oxygen atoms in total. The van der Waals surface area contributed by atoms with E-state index in [2.05, 4.69) is 3.77 Å². The molecule has 0 amide bonds. The van der Waals surface area contributed by atoms with Gasteiger partial charge in [0.25, 0.3) is 10.0 Å². The third-order valence-electron chi connectivity index (χ3n) is 4.64. The normalized spacial score (nSPS) is 20.9. The van der Waals surface area contributed by atoms with Gasteiger partial charge in [-0.25, -0.2) is 8.51 Å². The van der Waals surface area contributed by atoms with Crippen LogP contribution < -0.4 is 0 Å². The van der Waals surface area contributed by atoms with Gasteiger partial charge in [-0.1, -0.05) is 70.0 Å². The van der Waals surface area contributed by atoms with Crippen molar-refractivity contribution in [2.45, 2.75) is 22.8 Å². The Hall–Kier alpha value is -2.48. The van der Waals surface area contributed by atoms with E-state index in [1.165, 1.54) is 12.1 Å². The maximum Gasteiger partial charge on any atom is 0.291 e. The van der Waals surface area contributed by atoms with Gasteiger partial charge in [0.2, 0.25) is 0 Å². The first-order valence-corrected chi connectivity index (χ1v) is 11.8. The average Bonchev–Trinajstić information content (AvgIpc) is 3.51. The molecule has 7 heteroatoms. The minimum absolute atomic E-state index is 0.0415. The predicted molar refractivity (Wildman–Crippen MR) is 110 cm³/mol. The van der Waals surface area contributed by atoms with Crippen molar-refractivity contribution in [1.29, 1.82) is 0 Å². The molecule has 1 heterocycles. The first-order valence-electron chi connectivity index (χ1n) is 8.87. The molecule has 3 aromatic rings. The Morgan fingerprint density at radius 3 is 1.96 bits per heavy atom. The summed E-state index contributed by atoms with van der Waals surface area (Å²) in [6, 6.07) is 24.5. The van der Waals surface area contributed by atoms with E-state index in [4.69, 9.17) is 0 Å². The third-order valence-corrected chi connectivity index (χ3v) is 9.02. The van der Waals surface area contributed by atoms with Crippen molar-refractivity contribution in [3.63, 3.8) is 0 Å². The summed E-state index contributed by atoms with van der Waals surface area (Å²) in [5, 5.41) is 0. The van der Waals surface area contributed by atoms with E-state index in [-0.39, 0.29) is 10.9 Å². The summed E-state index contributed by atoms with van der Waals surface area (Å²) in [7, 11) is -7.40. The first-order chi connectivity index (χ1) is 13.4. The zero-order valence-electron chi connectivity index (χ0n) is 15.3. The van der Waals surface area contributed by atoms with E-state index in [0.29, 0.717) is 11.4 Å². The molecule has 1 aliphatic heterocycles. The Balaban J connectivity index is 1.82. The Morgan fingerprint density at radius 2 is 1.36 bits per heavy atom. The zero-order chi connectivity index (χ0) is 19.8. The number of nitrogens with zero attached hydrogens (tertiary/aromatic N) is 2. The van der Waals surface area contributed by atoms with Crippen molar-refractivity contribution in [1.82, 2.24) is 4.31 Å². The zero-order valence-corrected chi connectivity index (χ0v) is 16.9.